The first-order valence-corrected chi connectivity index (χ1v) is 9.12. The second-order valence-electron chi connectivity index (χ2n) is 7.64. The molecule has 1 amide bonds. The van der Waals surface area contributed by atoms with Crippen LogP contribution in [0.5, 0.6) is 0 Å². The highest BCUT2D eigenvalue weighted by molar-refractivity contribution is 5.84. The molecule has 0 aliphatic carbocycles. The normalized spacial score (nSPS) is 20.0. The molecule has 0 bridgehead atoms. The van der Waals surface area contributed by atoms with E-state index in [9.17, 15) is 14.7 Å². The van der Waals surface area contributed by atoms with Gasteiger partial charge in [0.25, 0.3) is 11.5 Å². The largest absolute Gasteiger partial charge is 0.378 e. The molecular formula is C19H31N3O3. The predicted molar refractivity (Wildman–Crippen MR) is 98.5 cm³/mol. The SMILES string of the molecule is Cc1cccc(=O)n1C[C@@](C)(O)C(=O)NC[C@@H](C)N1CCC(C)CC1. The minimum Gasteiger partial charge on any atom is -0.378 e. The zero-order valence-electron chi connectivity index (χ0n) is 15.8. The van der Waals surface area contributed by atoms with E-state index in [0.717, 1.165) is 24.7 Å². The summed E-state index contributed by atoms with van der Waals surface area (Å²) in [5.41, 5.74) is -1.13. The van der Waals surface area contributed by atoms with Gasteiger partial charge >= 0.3 is 0 Å². The van der Waals surface area contributed by atoms with Crippen molar-refractivity contribution >= 4 is 5.91 Å². The molecular weight excluding hydrogens is 318 g/mol. The van der Waals surface area contributed by atoms with Crippen molar-refractivity contribution in [2.45, 2.75) is 58.7 Å². The lowest BCUT2D eigenvalue weighted by atomic mass is 9.98. The van der Waals surface area contributed by atoms with E-state index in [1.165, 1.54) is 30.4 Å². The number of pyridine rings is 1. The topological polar surface area (TPSA) is 74.6 Å². The number of hydrogen-bond acceptors (Lipinski definition) is 4. The molecule has 0 radical (unpaired) electrons. The molecule has 2 N–H and O–H groups in total. The highest BCUT2D eigenvalue weighted by Crippen LogP contribution is 2.17. The maximum atomic E-state index is 12.4. The Morgan fingerprint density at radius 3 is 2.64 bits per heavy atom. The number of amides is 1. The molecule has 6 nitrogen and oxygen atoms in total. The third kappa shape index (κ3) is 5.16. The molecule has 2 heterocycles. The van der Waals surface area contributed by atoms with Crippen molar-refractivity contribution in [3.8, 4) is 0 Å². The molecule has 0 unspecified atom stereocenters. The van der Waals surface area contributed by atoms with E-state index in [0.29, 0.717) is 6.54 Å². The van der Waals surface area contributed by atoms with Crippen molar-refractivity contribution in [3.63, 3.8) is 0 Å². The monoisotopic (exact) mass is 349 g/mol. The lowest BCUT2D eigenvalue weighted by molar-refractivity contribution is -0.139. The van der Waals surface area contributed by atoms with Crippen molar-refractivity contribution < 1.29 is 9.90 Å². The van der Waals surface area contributed by atoms with E-state index in [1.807, 2.05) is 0 Å². The van der Waals surface area contributed by atoms with Crippen LogP contribution >= 0.6 is 0 Å². The number of aromatic nitrogens is 1. The van der Waals surface area contributed by atoms with Crippen LogP contribution in [-0.2, 0) is 11.3 Å². The minimum absolute atomic E-state index is 0.0556. The van der Waals surface area contributed by atoms with E-state index in [-0.39, 0.29) is 18.1 Å². The molecule has 0 aromatic carbocycles. The van der Waals surface area contributed by atoms with E-state index in [1.54, 1.807) is 19.1 Å². The molecule has 25 heavy (non-hydrogen) atoms. The summed E-state index contributed by atoms with van der Waals surface area (Å²) in [6, 6.07) is 5.12. The van der Waals surface area contributed by atoms with E-state index in [2.05, 4.69) is 24.1 Å². The zero-order valence-corrected chi connectivity index (χ0v) is 15.8. The fourth-order valence-electron chi connectivity index (χ4n) is 3.24. The summed E-state index contributed by atoms with van der Waals surface area (Å²) in [5.74, 6) is 0.325. The maximum absolute atomic E-state index is 12.4. The average molecular weight is 349 g/mol. The van der Waals surface area contributed by atoms with Gasteiger partial charge in [-0.15, -0.1) is 0 Å². The first-order valence-electron chi connectivity index (χ1n) is 9.12. The molecule has 2 atom stereocenters. The molecule has 1 aliphatic rings. The summed E-state index contributed by atoms with van der Waals surface area (Å²) in [4.78, 5) is 26.8. The molecule has 6 heteroatoms. The Hall–Kier alpha value is -1.66. The Bertz CT molecular complexity index is 646. The Kier molecular flexibility index (Phi) is 6.41. The number of nitrogens with one attached hydrogen (secondary N) is 1. The minimum atomic E-state index is -1.63. The standard InChI is InChI=1S/C19H31N3O3/c1-14-8-10-21(11-9-14)16(3)12-20-18(24)19(4,25)13-22-15(2)6-5-7-17(22)23/h5-7,14,16,25H,8-13H2,1-4H3,(H,20,24)/t16-,19-/m1/s1. The number of piperidine rings is 1. The summed E-state index contributed by atoms with van der Waals surface area (Å²) in [7, 11) is 0. The molecule has 0 saturated carbocycles. The van der Waals surface area contributed by atoms with Gasteiger partial charge in [0.05, 0.1) is 6.54 Å². The molecule has 1 fully saturated rings. The van der Waals surface area contributed by atoms with Crippen molar-refractivity contribution in [2.75, 3.05) is 19.6 Å². The summed E-state index contributed by atoms with van der Waals surface area (Å²) in [6.45, 7) is 10.1. The van der Waals surface area contributed by atoms with Crippen LogP contribution in [0.25, 0.3) is 0 Å². The van der Waals surface area contributed by atoms with Crippen LogP contribution in [0.1, 0.15) is 39.3 Å². The van der Waals surface area contributed by atoms with Crippen molar-refractivity contribution in [1.29, 1.82) is 0 Å². The number of likely N-dealkylation sites (tertiary alicyclic amines) is 1. The van der Waals surface area contributed by atoms with Crippen LogP contribution in [0.3, 0.4) is 0 Å². The summed E-state index contributed by atoms with van der Waals surface area (Å²) in [5, 5.41) is 13.4. The Labute approximate surface area is 149 Å². The molecule has 1 aromatic rings. The van der Waals surface area contributed by atoms with Crippen LogP contribution in [-0.4, -0.2) is 51.8 Å². The molecule has 2 rings (SSSR count). The molecule has 1 aliphatic heterocycles. The zero-order chi connectivity index (χ0) is 18.6. The highest BCUT2D eigenvalue weighted by atomic mass is 16.3. The highest BCUT2D eigenvalue weighted by Gasteiger charge is 2.32. The van der Waals surface area contributed by atoms with Crippen LogP contribution in [0, 0.1) is 12.8 Å². The second kappa shape index (κ2) is 8.15. The number of nitrogens with zero attached hydrogens (tertiary/aromatic N) is 2. The number of carbonyl (C=O) groups is 1. The summed E-state index contributed by atoms with van der Waals surface area (Å²) < 4.78 is 1.43. The van der Waals surface area contributed by atoms with Gasteiger partial charge in [0, 0.05) is 24.3 Å². The Morgan fingerprint density at radius 1 is 1.40 bits per heavy atom. The van der Waals surface area contributed by atoms with Gasteiger partial charge in [-0.2, -0.15) is 0 Å². The van der Waals surface area contributed by atoms with Gasteiger partial charge < -0.3 is 15.0 Å². The number of rotatable bonds is 6. The number of hydrogen-bond donors (Lipinski definition) is 2. The van der Waals surface area contributed by atoms with Crippen molar-refractivity contribution in [3.05, 3.63) is 34.2 Å². The lowest BCUT2D eigenvalue weighted by Gasteiger charge is -2.35. The molecule has 0 spiro atoms. The first kappa shape index (κ1) is 19.7. The summed E-state index contributed by atoms with van der Waals surface area (Å²) >= 11 is 0. The molecule has 140 valence electrons. The Balaban J connectivity index is 1.91. The fourth-order valence-corrected chi connectivity index (χ4v) is 3.24. The summed E-state index contributed by atoms with van der Waals surface area (Å²) in [6.07, 6.45) is 2.37. The smallest absolute Gasteiger partial charge is 0.253 e. The second-order valence-corrected chi connectivity index (χ2v) is 7.64. The first-order chi connectivity index (χ1) is 11.7. The van der Waals surface area contributed by atoms with Crippen molar-refractivity contribution in [2.24, 2.45) is 5.92 Å². The quantitative estimate of drug-likeness (QED) is 0.808. The molecule has 1 aromatic heterocycles. The fraction of sp³-hybridized carbons (Fsp3) is 0.684. The van der Waals surface area contributed by atoms with Gasteiger partial charge in [0.1, 0.15) is 0 Å². The number of carbonyl (C=O) groups excluding carboxylic acids is 1. The van der Waals surface area contributed by atoms with Crippen LogP contribution in [0.2, 0.25) is 0 Å². The van der Waals surface area contributed by atoms with Crippen LogP contribution in [0.4, 0.5) is 0 Å². The third-order valence-electron chi connectivity index (χ3n) is 5.22. The Morgan fingerprint density at radius 2 is 2.04 bits per heavy atom. The van der Waals surface area contributed by atoms with Gasteiger partial charge in [-0.25, -0.2) is 0 Å². The lowest BCUT2D eigenvalue weighted by Crippen LogP contribution is -2.52. The van der Waals surface area contributed by atoms with E-state index in [4.69, 9.17) is 0 Å². The number of aliphatic hydroxyl groups is 1. The van der Waals surface area contributed by atoms with Gasteiger partial charge in [0.15, 0.2) is 5.60 Å². The average Bonchev–Trinajstić information content (AvgIpc) is 2.56. The number of aryl methyl sites for hydroxylation is 1. The van der Waals surface area contributed by atoms with E-state index >= 15 is 0 Å². The van der Waals surface area contributed by atoms with E-state index < -0.39 is 11.5 Å². The third-order valence-corrected chi connectivity index (χ3v) is 5.22. The molecule has 1 saturated heterocycles. The van der Waals surface area contributed by atoms with Gasteiger partial charge in [-0.3, -0.25) is 14.5 Å². The van der Waals surface area contributed by atoms with Gasteiger partial charge in [0.2, 0.25) is 0 Å². The van der Waals surface area contributed by atoms with Gasteiger partial charge in [-0.05, 0) is 58.7 Å². The van der Waals surface area contributed by atoms with Crippen LogP contribution < -0.4 is 10.9 Å². The maximum Gasteiger partial charge on any atom is 0.253 e. The van der Waals surface area contributed by atoms with Crippen molar-refractivity contribution in [1.82, 2.24) is 14.8 Å². The van der Waals surface area contributed by atoms with Gasteiger partial charge in [-0.1, -0.05) is 13.0 Å². The predicted octanol–water partition coefficient (Wildman–Crippen LogP) is 1.14. The van der Waals surface area contributed by atoms with Crippen LogP contribution in [0.15, 0.2) is 23.0 Å².